The van der Waals surface area contributed by atoms with Crippen LogP contribution < -0.4 is 0 Å². The van der Waals surface area contributed by atoms with E-state index < -0.39 is 11.4 Å². The normalized spacial score (nSPS) is 26.1. The van der Waals surface area contributed by atoms with E-state index in [-0.39, 0.29) is 23.8 Å². The van der Waals surface area contributed by atoms with Gasteiger partial charge in [-0.2, -0.15) is 0 Å². The monoisotopic (exact) mass is 267 g/mol. The van der Waals surface area contributed by atoms with Crippen LogP contribution in [0, 0.1) is 10.8 Å². The lowest BCUT2D eigenvalue weighted by Gasteiger charge is -2.40. The third-order valence-electron chi connectivity index (χ3n) is 4.83. The Morgan fingerprint density at radius 3 is 2.32 bits per heavy atom. The van der Waals surface area contributed by atoms with Gasteiger partial charge in [-0.05, 0) is 31.1 Å². The Labute approximate surface area is 115 Å². The molecule has 1 atom stereocenters. The van der Waals surface area contributed by atoms with E-state index in [4.69, 9.17) is 0 Å². The highest BCUT2D eigenvalue weighted by atomic mass is 16.4. The van der Waals surface area contributed by atoms with Crippen molar-refractivity contribution in [2.24, 2.45) is 10.8 Å². The summed E-state index contributed by atoms with van der Waals surface area (Å²) in [6.07, 6.45) is 4.50. The van der Waals surface area contributed by atoms with Crippen LogP contribution >= 0.6 is 0 Å². The summed E-state index contributed by atoms with van der Waals surface area (Å²) in [6, 6.07) is 0.255. The molecule has 1 heterocycles. The molecule has 19 heavy (non-hydrogen) atoms. The number of likely N-dealkylation sites (tertiary alicyclic amines) is 1. The standard InChI is InChI=1S/C15H25NO3/c1-14(2,3)11-6-4-9-16(11)12(17)10-15(13(18)19)7-5-8-15/h11H,4-10H2,1-3H3,(H,18,19)/t11-/m1/s1. The number of carbonyl (C=O) groups is 2. The molecule has 0 spiro atoms. The fourth-order valence-electron chi connectivity index (χ4n) is 3.43. The molecule has 0 unspecified atom stereocenters. The molecular formula is C15H25NO3. The highest BCUT2D eigenvalue weighted by molar-refractivity contribution is 5.86. The van der Waals surface area contributed by atoms with Crippen molar-refractivity contribution >= 4 is 11.9 Å². The SMILES string of the molecule is CC(C)(C)[C@H]1CCCN1C(=O)CC1(C(=O)O)CCC1. The molecule has 4 nitrogen and oxygen atoms in total. The summed E-state index contributed by atoms with van der Waals surface area (Å²) in [5.74, 6) is -0.752. The van der Waals surface area contributed by atoms with Gasteiger partial charge in [-0.25, -0.2) is 0 Å². The lowest BCUT2D eigenvalue weighted by Crippen LogP contribution is -2.48. The molecule has 1 saturated carbocycles. The van der Waals surface area contributed by atoms with Gasteiger partial charge in [0.05, 0.1) is 5.41 Å². The van der Waals surface area contributed by atoms with E-state index >= 15 is 0 Å². The molecule has 1 aliphatic carbocycles. The van der Waals surface area contributed by atoms with Gasteiger partial charge < -0.3 is 10.0 Å². The first-order valence-corrected chi connectivity index (χ1v) is 7.29. The van der Waals surface area contributed by atoms with Crippen molar-refractivity contribution in [3.8, 4) is 0 Å². The maximum Gasteiger partial charge on any atom is 0.310 e. The number of hydrogen-bond donors (Lipinski definition) is 1. The Morgan fingerprint density at radius 1 is 1.26 bits per heavy atom. The van der Waals surface area contributed by atoms with Gasteiger partial charge in [0.1, 0.15) is 0 Å². The van der Waals surface area contributed by atoms with Crippen LogP contribution in [0.5, 0.6) is 0 Å². The Balaban J connectivity index is 2.05. The van der Waals surface area contributed by atoms with Gasteiger partial charge in [0.25, 0.3) is 0 Å². The summed E-state index contributed by atoms with van der Waals surface area (Å²) >= 11 is 0. The number of aliphatic carboxylic acids is 1. The quantitative estimate of drug-likeness (QED) is 0.855. The Kier molecular flexibility index (Phi) is 3.63. The number of carboxylic acids is 1. The molecule has 2 fully saturated rings. The van der Waals surface area contributed by atoms with E-state index in [1.165, 1.54) is 0 Å². The molecule has 1 amide bonds. The van der Waals surface area contributed by atoms with Crippen LogP contribution in [0.25, 0.3) is 0 Å². The summed E-state index contributed by atoms with van der Waals surface area (Å²) in [4.78, 5) is 25.8. The molecule has 108 valence electrons. The molecule has 0 bridgehead atoms. The fraction of sp³-hybridized carbons (Fsp3) is 0.867. The van der Waals surface area contributed by atoms with E-state index in [9.17, 15) is 14.7 Å². The minimum atomic E-state index is -0.793. The first-order chi connectivity index (χ1) is 8.76. The predicted octanol–water partition coefficient (Wildman–Crippen LogP) is 2.67. The highest BCUT2D eigenvalue weighted by Gasteiger charge is 2.48. The zero-order valence-electron chi connectivity index (χ0n) is 12.2. The molecule has 0 aromatic carbocycles. The van der Waals surface area contributed by atoms with E-state index in [1.54, 1.807) is 0 Å². The number of rotatable bonds is 3. The Hall–Kier alpha value is -1.06. The number of nitrogens with zero attached hydrogens (tertiary/aromatic N) is 1. The minimum absolute atomic E-state index is 0.0412. The maximum absolute atomic E-state index is 12.5. The molecule has 1 aliphatic heterocycles. The average molecular weight is 267 g/mol. The van der Waals surface area contributed by atoms with Crippen molar-refractivity contribution in [2.45, 2.75) is 65.3 Å². The Morgan fingerprint density at radius 2 is 1.89 bits per heavy atom. The second-order valence-electron chi connectivity index (χ2n) is 7.23. The van der Waals surface area contributed by atoms with Crippen molar-refractivity contribution in [3.05, 3.63) is 0 Å². The van der Waals surface area contributed by atoms with Crippen LogP contribution in [0.1, 0.15) is 59.3 Å². The summed E-state index contributed by atoms with van der Waals surface area (Å²) in [7, 11) is 0. The van der Waals surface area contributed by atoms with Crippen LogP contribution in [0.3, 0.4) is 0 Å². The fourth-order valence-corrected chi connectivity index (χ4v) is 3.43. The van der Waals surface area contributed by atoms with Crippen LogP contribution in [-0.2, 0) is 9.59 Å². The highest BCUT2D eigenvalue weighted by Crippen LogP contribution is 2.45. The van der Waals surface area contributed by atoms with E-state index in [0.717, 1.165) is 25.8 Å². The van der Waals surface area contributed by atoms with Gasteiger partial charge in [-0.1, -0.05) is 27.2 Å². The van der Waals surface area contributed by atoms with E-state index in [1.807, 2.05) is 4.90 Å². The molecule has 0 aromatic rings. The van der Waals surface area contributed by atoms with Crippen molar-refractivity contribution in [1.29, 1.82) is 0 Å². The predicted molar refractivity (Wildman–Crippen MR) is 72.7 cm³/mol. The molecule has 1 saturated heterocycles. The zero-order chi connectivity index (χ0) is 14.3. The van der Waals surface area contributed by atoms with Crippen LogP contribution in [0.4, 0.5) is 0 Å². The van der Waals surface area contributed by atoms with Gasteiger partial charge in [-0.15, -0.1) is 0 Å². The number of carboxylic acid groups (broad SMARTS) is 1. The van der Waals surface area contributed by atoms with Gasteiger partial charge in [0.15, 0.2) is 0 Å². The van der Waals surface area contributed by atoms with Crippen molar-refractivity contribution < 1.29 is 14.7 Å². The van der Waals surface area contributed by atoms with Crippen LogP contribution in [0.2, 0.25) is 0 Å². The van der Waals surface area contributed by atoms with Gasteiger partial charge in [-0.3, -0.25) is 9.59 Å². The van der Waals surface area contributed by atoms with E-state index in [0.29, 0.717) is 12.8 Å². The molecular weight excluding hydrogens is 242 g/mol. The lowest BCUT2D eigenvalue weighted by molar-refractivity contribution is -0.160. The van der Waals surface area contributed by atoms with Gasteiger partial charge in [0.2, 0.25) is 5.91 Å². The van der Waals surface area contributed by atoms with Crippen LogP contribution in [-0.4, -0.2) is 34.5 Å². The third kappa shape index (κ3) is 2.63. The molecule has 4 heteroatoms. The molecule has 2 aliphatic rings. The van der Waals surface area contributed by atoms with Gasteiger partial charge >= 0.3 is 5.97 Å². The third-order valence-corrected chi connectivity index (χ3v) is 4.83. The second-order valence-corrected chi connectivity index (χ2v) is 7.23. The molecule has 0 radical (unpaired) electrons. The van der Waals surface area contributed by atoms with E-state index in [2.05, 4.69) is 20.8 Å². The Bertz CT molecular complexity index is 379. The summed E-state index contributed by atoms with van der Waals surface area (Å²) in [5, 5.41) is 9.33. The summed E-state index contributed by atoms with van der Waals surface area (Å²) in [6.45, 7) is 7.25. The first kappa shape index (κ1) is 14.4. The number of hydrogen-bond acceptors (Lipinski definition) is 2. The number of amides is 1. The van der Waals surface area contributed by atoms with Crippen molar-refractivity contribution in [3.63, 3.8) is 0 Å². The maximum atomic E-state index is 12.5. The molecule has 0 aromatic heterocycles. The lowest BCUT2D eigenvalue weighted by atomic mass is 9.66. The number of carbonyl (C=O) groups excluding carboxylic acids is 1. The smallest absolute Gasteiger partial charge is 0.310 e. The van der Waals surface area contributed by atoms with Gasteiger partial charge in [0, 0.05) is 19.0 Å². The first-order valence-electron chi connectivity index (χ1n) is 7.29. The summed E-state index contributed by atoms with van der Waals surface area (Å²) < 4.78 is 0. The topological polar surface area (TPSA) is 57.6 Å². The summed E-state index contributed by atoms with van der Waals surface area (Å²) in [5.41, 5.74) is -0.690. The zero-order valence-corrected chi connectivity index (χ0v) is 12.2. The van der Waals surface area contributed by atoms with Crippen LogP contribution in [0.15, 0.2) is 0 Å². The second kappa shape index (κ2) is 4.80. The largest absolute Gasteiger partial charge is 0.481 e. The minimum Gasteiger partial charge on any atom is -0.481 e. The molecule has 2 rings (SSSR count). The average Bonchev–Trinajstić information content (AvgIpc) is 2.70. The van der Waals surface area contributed by atoms with Crippen molar-refractivity contribution in [1.82, 2.24) is 4.90 Å². The molecule has 1 N–H and O–H groups in total. The van der Waals surface area contributed by atoms with Crippen molar-refractivity contribution in [2.75, 3.05) is 6.54 Å².